The number of carbonyl (C=O) groups excluding carboxylic acids is 2. The minimum absolute atomic E-state index is 0.00206. The molecule has 0 heterocycles. The molecular weight excluding hydrogens is 347 g/mol. The van der Waals surface area contributed by atoms with E-state index in [1.54, 1.807) is 0 Å². The zero-order valence-electron chi connectivity index (χ0n) is 16.3. The number of alkyl halides is 1. The van der Waals surface area contributed by atoms with Crippen LogP contribution >= 0.6 is 0 Å². The summed E-state index contributed by atoms with van der Waals surface area (Å²) < 4.78 is 15.2. The molecule has 5 heteroatoms. The summed E-state index contributed by atoms with van der Waals surface area (Å²) in [6.45, 7) is 5.15. The van der Waals surface area contributed by atoms with Crippen molar-refractivity contribution in [3.05, 3.63) is 23.3 Å². The number of aliphatic hydroxyl groups is 2. The van der Waals surface area contributed by atoms with Crippen LogP contribution in [-0.2, 0) is 9.59 Å². The number of aliphatic hydroxyl groups excluding tert-OH is 1. The molecule has 2 N–H and O–H groups in total. The van der Waals surface area contributed by atoms with Gasteiger partial charge in [0, 0.05) is 17.3 Å². The second-order valence-corrected chi connectivity index (χ2v) is 9.58. The van der Waals surface area contributed by atoms with E-state index in [2.05, 4.69) is 6.08 Å². The average Bonchev–Trinajstić information content (AvgIpc) is 2.84. The Labute approximate surface area is 159 Å². The SMILES string of the molecule is C[C@H]1C[C@H]2[C@@H]3C[C@H](F)C4=CC(=O)CC[C@]4(C)C3=CC[C@]2(C)[C@@]1(O)C(=O)CO. The van der Waals surface area contributed by atoms with Crippen LogP contribution in [0.2, 0.25) is 0 Å². The minimum Gasteiger partial charge on any atom is -0.388 e. The van der Waals surface area contributed by atoms with E-state index in [0.29, 0.717) is 37.7 Å². The summed E-state index contributed by atoms with van der Waals surface area (Å²) >= 11 is 0. The lowest BCUT2D eigenvalue weighted by Crippen LogP contribution is -2.58. The van der Waals surface area contributed by atoms with Gasteiger partial charge in [0.1, 0.15) is 18.4 Å². The molecule has 148 valence electrons. The molecule has 2 saturated carbocycles. The zero-order chi connectivity index (χ0) is 19.8. The predicted octanol–water partition coefficient (Wildman–Crippen LogP) is 2.92. The number of rotatable bonds is 2. The minimum atomic E-state index is -1.58. The van der Waals surface area contributed by atoms with E-state index in [0.717, 1.165) is 0 Å². The predicted molar refractivity (Wildman–Crippen MR) is 98.6 cm³/mol. The van der Waals surface area contributed by atoms with E-state index in [4.69, 9.17) is 0 Å². The fourth-order valence-corrected chi connectivity index (χ4v) is 6.92. The lowest BCUT2D eigenvalue weighted by molar-refractivity contribution is -0.161. The third-order valence-corrected chi connectivity index (χ3v) is 8.47. The molecule has 0 aromatic heterocycles. The maximum absolute atomic E-state index is 15.2. The van der Waals surface area contributed by atoms with E-state index in [9.17, 15) is 19.8 Å². The molecule has 0 unspecified atom stereocenters. The van der Waals surface area contributed by atoms with E-state index in [-0.39, 0.29) is 23.5 Å². The van der Waals surface area contributed by atoms with Crippen LogP contribution in [0, 0.1) is 28.6 Å². The van der Waals surface area contributed by atoms with Crippen molar-refractivity contribution in [1.82, 2.24) is 0 Å². The van der Waals surface area contributed by atoms with Crippen LogP contribution in [0.25, 0.3) is 0 Å². The van der Waals surface area contributed by atoms with E-state index >= 15 is 4.39 Å². The third kappa shape index (κ3) is 2.21. The Morgan fingerprint density at radius 2 is 2.00 bits per heavy atom. The van der Waals surface area contributed by atoms with Crippen LogP contribution in [0.15, 0.2) is 23.3 Å². The molecule has 0 amide bonds. The Morgan fingerprint density at radius 3 is 2.67 bits per heavy atom. The van der Waals surface area contributed by atoms with Gasteiger partial charge in [0.2, 0.25) is 0 Å². The summed E-state index contributed by atoms with van der Waals surface area (Å²) in [5, 5.41) is 20.8. The molecule has 7 atom stereocenters. The van der Waals surface area contributed by atoms with Gasteiger partial charge in [-0.15, -0.1) is 0 Å². The van der Waals surface area contributed by atoms with Gasteiger partial charge in [0.15, 0.2) is 11.6 Å². The standard InChI is InChI=1S/C22H29FO4/c1-12-8-16-14-10-18(23)17-9-13(25)4-6-20(17,2)15(14)5-7-21(16,3)22(12,27)19(26)11-24/h5,9,12,14,16,18,24,27H,4,6-8,10-11H2,1-3H3/t12-,14+,16-,18-,20+,21-,22-/m0/s1. The van der Waals surface area contributed by atoms with E-state index in [1.165, 1.54) is 11.6 Å². The molecule has 4 nitrogen and oxygen atoms in total. The number of hydrogen-bond donors (Lipinski definition) is 2. The Kier molecular flexibility index (Phi) is 4.11. The van der Waals surface area contributed by atoms with Crippen molar-refractivity contribution in [3.63, 3.8) is 0 Å². The number of allylic oxidation sites excluding steroid dienone is 4. The average molecular weight is 376 g/mol. The van der Waals surface area contributed by atoms with Gasteiger partial charge < -0.3 is 10.2 Å². The third-order valence-electron chi connectivity index (χ3n) is 8.47. The molecule has 0 aromatic carbocycles. The molecule has 0 bridgehead atoms. The van der Waals surface area contributed by atoms with Gasteiger partial charge in [0.25, 0.3) is 0 Å². The normalized spacial score (nSPS) is 48.9. The molecule has 0 spiro atoms. The van der Waals surface area contributed by atoms with Crippen LogP contribution in [0.4, 0.5) is 4.39 Å². The maximum atomic E-state index is 15.2. The monoisotopic (exact) mass is 376 g/mol. The smallest absolute Gasteiger partial charge is 0.190 e. The number of Topliss-reactive ketones (excluding diaryl/α,β-unsaturated/α-hetero) is 1. The highest BCUT2D eigenvalue weighted by atomic mass is 19.1. The first-order chi connectivity index (χ1) is 12.6. The summed E-state index contributed by atoms with van der Waals surface area (Å²) in [5.41, 5.74) is -0.937. The fraction of sp³-hybridized carbons (Fsp3) is 0.727. The number of fused-ring (bicyclic) bond motifs is 5. The largest absolute Gasteiger partial charge is 0.388 e. The van der Waals surface area contributed by atoms with Gasteiger partial charge in [0.05, 0.1) is 0 Å². The highest BCUT2D eigenvalue weighted by molar-refractivity contribution is 5.92. The van der Waals surface area contributed by atoms with Gasteiger partial charge in [-0.1, -0.05) is 32.4 Å². The van der Waals surface area contributed by atoms with Crippen LogP contribution in [0.3, 0.4) is 0 Å². The highest BCUT2D eigenvalue weighted by Crippen LogP contribution is 2.67. The first-order valence-corrected chi connectivity index (χ1v) is 10.1. The molecule has 27 heavy (non-hydrogen) atoms. The molecule has 4 rings (SSSR count). The Balaban J connectivity index is 1.81. The summed E-state index contributed by atoms with van der Waals surface area (Å²) in [6, 6.07) is 0. The summed E-state index contributed by atoms with van der Waals surface area (Å²) in [6.07, 6.45) is 4.98. The van der Waals surface area contributed by atoms with Crippen molar-refractivity contribution in [1.29, 1.82) is 0 Å². The molecule has 0 aromatic rings. The summed E-state index contributed by atoms with van der Waals surface area (Å²) in [5.74, 6) is -0.864. The molecule has 0 aliphatic heterocycles. The van der Waals surface area contributed by atoms with Gasteiger partial charge in [-0.2, -0.15) is 0 Å². The first kappa shape index (κ1) is 19.0. The molecular formula is C22H29FO4. The van der Waals surface area contributed by atoms with Crippen molar-refractivity contribution in [2.75, 3.05) is 6.61 Å². The van der Waals surface area contributed by atoms with Crippen LogP contribution in [-0.4, -0.2) is 40.2 Å². The Hall–Kier alpha value is -1.33. The number of halogens is 1. The summed E-state index contributed by atoms with van der Waals surface area (Å²) in [4.78, 5) is 24.4. The van der Waals surface area contributed by atoms with Crippen molar-refractivity contribution in [3.8, 4) is 0 Å². The zero-order valence-corrected chi connectivity index (χ0v) is 16.3. The topological polar surface area (TPSA) is 74.6 Å². The van der Waals surface area contributed by atoms with Crippen LogP contribution in [0.1, 0.15) is 52.9 Å². The van der Waals surface area contributed by atoms with Crippen LogP contribution in [0.5, 0.6) is 0 Å². The van der Waals surface area contributed by atoms with Gasteiger partial charge in [-0.25, -0.2) is 4.39 Å². The van der Waals surface area contributed by atoms with E-state index < -0.39 is 35.0 Å². The Bertz CT molecular complexity index is 770. The number of hydrogen-bond acceptors (Lipinski definition) is 4. The van der Waals surface area contributed by atoms with Crippen LogP contribution < -0.4 is 0 Å². The molecule has 0 saturated heterocycles. The Morgan fingerprint density at radius 1 is 1.30 bits per heavy atom. The van der Waals surface area contributed by atoms with Gasteiger partial charge >= 0.3 is 0 Å². The lowest BCUT2D eigenvalue weighted by atomic mass is 9.50. The first-order valence-electron chi connectivity index (χ1n) is 10.1. The summed E-state index contributed by atoms with van der Waals surface area (Å²) in [7, 11) is 0. The van der Waals surface area contributed by atoms with Crippen molar-refractivity contribution in [2.24, 2.45) is 28.6 Å². The second-order valence-electron chi connectivity index (χ2n) is 9.58. The lowest BCUT2D eigenvalue weighted by Gasteiger charge is -2.55. The fourth-order valence-electron chi connectivity index (χ4n) is 6.92. The van der Waals surface area contributed by atoms with Gasteiger partial charge in [-0.05, 0) is 55.1 Å². The molecule has 0 radical (unpaired) electrons. The molecule has 4 aliphatic rings. The van der Waals surface area contributed by atoms with E-state index in [1.807, 2.05) is 20.8 Å². The number of ketones is 2. The number of carbonyl (C=O) groups is 2. The highest BCUT2D eigenvalue weighted by Gasteiger charge is 2.67. The molecule has 4 aliphatic carbocycles. The van der Waals surface area contributed by atoms with Crippen molar-refractivity contribution in [2.45, 2.75) is 64.6 Å². The van der Waals surface area contributed by atoms with Crippen molar-refractivity contribution >= 4 is 11.6 Å². The maximum Gasteiger partial charge on any atom is 0.190 e. The molecule has 2 fully saturated rings. The second kappa shape index (κ2) is 5.84. The quantitative estimate of drug-likeness (QED) is 0.727. The van der Waals surface area contributed by atoms with Gasteiger partial charge in [-0.3, -0.25) is 9.59 Å². The van der Waals surface area contributed by atoms with Crippen molar-refractivity contribution < 1.29 is 24.2 Å².